The van der Waals surface area contributed by atoms with E-state index in [2.05, 4.69) is 5.32 Å². The van der Waals surface area contributed by atoms with Crippen molar-refractivity contribution in [2.75, 3.05) is 11.4 Å². The molecular formula is C13H12FN3O2. The van der Waals surface area contributed by atoms with E-state index in [-0.39, 0.29) is 24.6 Å². The first-order chi connectivity index (χ1) is 9.06. The summed E-state index contributed by atoms with van der Waals surface area (Å²) in [5.74, 6) is -0.804. The Hall–Kier alpha value is -2.37. The minimum Gasteiger partial charge on any atom is -0.350 e. The molecule has 0 saturated carbocycles. The van der Waals surface area contributed by atoms with Crippen molar-refractivity contribution in [3.05, 3.63) is 30.2 Å². The fourth-order valence-corrected chi connectivity index (χ4v) is 2.28. The molecule has 0 spiro atoms. The molecule has 6 heteroatoms. The normalized spacial score (nSPS) is 16.0. The Labute approximate surface area is 108 Å². The molecule has 5 nitrogen and oxygen atoms in total. The van der Waals surface area contributed by atoms with Crippen LogP contribution in [-0.4, -0.2) is 23.1 Å². The van der Waals surface area contributed by atoms with Crippen LogP contribution in [-0.2, 0) is 11.8 Å². The molecule has 3 rings (SSSR count). The summed E-state index contributed by atoms with van der Waals surface area (Å²) in [5.41, 5.74) is 0.957. The monoisotopic (exact) mass is 261 g/mol. The van der Waals surface area contributed by atoms with Crippen molar-refractivity contribution in [2.45, 2.75) is 6.42 Å². The van der Waals surface area contributed by atoms with Gasteiger partial charge in [0.25, 0.3) is 0 Å². The summed E-state index contributed by atoms with van der Waals surface area (Å²) in [7, 11) is 1.83. The van der Waals surface area contributed by atoms with Crippen LogP contribution >= 0.6 is 0 Å². The van der Waals surface area contributed by atoms with Gasteiger partial charge in [-0.05, 0) is 12.1 Å². The number of benzene rings is 1. The maximum absolute atomic E-state index is 14.1. The summed E-state index contributed by atoms with van der Waals surface area (Å²) in [6.07, 6.45) is 2.01. The SMILES string of the molecule is Cn1ccc2cc(N3CCC(=O)NC3=O)c(F)cc21. The van der Waals surface area contributed by atoms with Crippen molar-refractivity contribution < 1.29 is 14.0 Å². The van der Waals surface area contributed by atoms with Gasteiger partial charge in [-0.3, -0.25) is 15.0 Å². The van der Waals surface area contributed by atoms with Gasteiger partial charge in [0.1, 0.15) is 5.82 Å². The van der Waals surface area contributed by atoms with E-state index in [0.717, 1.165) is 10.9 Å². The second-order valence-corrected chi connectivity index (χ2v) is 4.54. The summed E-state index contributed by atoms with van der Waals surface area (Å²) in [6, 6.07) is 4.30. The van der Waals surface area contributed by atoms with Crippen LogP contribution in [0.1, 0.15) is 6.42 Å². The molecule has 19 heavy (non-hydrogen) atoms. The Morgan fingerprint density at radius 2 is 2.11 bits per heavy atom. The van der Waals surface area contributed by atoms with Crippen molar-refractivity contribution in [3.63, 3.8) is 0 Å². The summed E-state index contributed by atoms with van der Waals surface area (Å²) in [6.45, 7) is 0.194. The highest BCUT2D eigenvalue weighted by molar-refractivity contribution is 6.06. The van der Waals surface area contributed by atoms with Gasteiger partial charge < -0.3 is 4.57 Å². The second kappa shape index (κ2) is 4.08. The smallest absolute Gasteiger partial charge is 0.328 e. The molecule has 0 radical (unpaired) electrons. The van der Waals surface area contributed by atoms with Crippen LogP contribution in [0.25, 0.3) is 10.9 Å². The van der Waals surface area contributed by atoms with Gasteiger partial charge in [0.2, 0.25) is 5.91 Å². The zero-order chi connectivity index (χ0) is 13.6. The molecule has 1 fully saturated rings. The number of carbonyl (C=O) groups excluding carboxylic acids is 2. The minimum atomic E-state index is -0.578. The van der Waals surface area contributed by atoms with Gasteiger partial charge in [-0.25, -0.2) is 9.18 Å². The number of aryl methyl sites for hydroxylation is 1. The van der Waals surface area contributed by atoms with Crippen LogP contribution in [0.5, 0.6) is 0 Å². The summed E-state index contributed by atoms with van der Waals surface area (Å²) >= 11 is 0. The Kier molecular flexibility index (Phi) is 2.51. The van der Waals surface area contributed by atoms with Crippen molar-refractivity contribution in [1.29, 1.82) is 0 Å². The molecule has 1 aromatic carbocycles. The number of anilines is 1. The van der Waals surface area contributed by atoms with Gasteiger partial charge in [-0.1, -0.05) is 0 Å². The summed E-state index contributed by atoms with van der Waals surface area (Å²) < 4.78 is 15.9. The topological polar surface area (TPSA) is 54.3 Å². The lowest BCUT2D eigenvalue weighted by atomic mass is 10.2. The third kappa shape index (κ3) is 1.85. The Balaban J connectivity index is 2.07. The highest BCUT2D eigenvalue weighted by Gasteiger charge is 2.26. The quantitative estimate of drug-likeness (QED) is 0.850. The first-order valence-electron chi connectivity index (χ1n) is 5.92. The molecule has 2 aromatic rings. The number of nitrogens with zero attached hydrogens (tertiary/aromatic N) is 2. The van der Waals surface area contributed by atoms with Gasteiger partial charge in [-0.2, -0.15) is 0 Å². The van der Waals surface area contributed by atoms with Crippen LogP contribution in [0.2, 0.25) is 0 Å². The zero-order valence-corrected chi connectivity index (χ0v) is 10.3. The van der Waals surface area contributed by atoms with E-state index in [4.69, 9.17) is 0 Å². The molecule has 1 aromatic heterocycles. The zero-order valence-electron chi connectivity index (χ0n) is 10.3. The minimum absolute atomic E-state index is 0.179. The van der Waals surface area contributed by atoms with E-state index in [9.17, 15) is 14.0 Å². The molecular weight excluding hydrogens is 249 g/mol. The van der Waals surface area contributed by atoms with Crippen molar-refractivity contribution in [3.8, 4) is 0 Å². The second-order valence-electron chi connectivity index (χ2n) is 4.54. The number of urea groups is 1. The molecule has 98 valence electrons. The van der Waals surface area contributed by atoms with Crippen molar-refractivity contribution in [2.24, 2.45) is 7.05 Å². The van der Waals surface area contributed by atoms with Gasteiger partial charge in [0.05, 0.1) is 11.2 Å². The number of fused-ring (bicyclic) bond motifs is 1. The van der Waals surface area contributed by atoms with Crippen LogP contribution in [0.4, 0.5) is 14.9 Å². The standard InChI is InChI=1S/C13H12FN3O2/c1-16-4-2-8-6-11(9(14)7-10(8)16)17-5-3-12(18)15-13(17)19/h2,4,6-7H,3,5H2,1H3,(H,15,18,19). The molecule has 2 heterocycles. The van der Waals surface area contributed by atoms with E-state index in [1.54, 1.807) is 6.07 Å². The summed E-state index contributed by atoms with van der Waals surface area (Å²) in [4.78, 5) is 24.1. The predicted molar refractivity (Wildman–Crippen MR) is 68.4 cm³/mol. The predicted octanol–water partition coefficient (Wildman–Crippen LogP) is 1.76. The van der Waals surface area contributed by atoms with Crippen LogP contribution in [0, 0.1) is 5.82 Å². The molecule has 1 saturated heterocycles. The molecule has 3 amide bonds. The van der Waals surface area contributed by atoms with Gasteiger partial charge in [0.15, 0.2) is 0 Å². The molecule has 0 unspecified atom stereocenters. The lowest BCUT2D eigenvalue weighted by Gasteiger charge is -2.26. The van der Waals surface area contributed by atoms with E-state index < -0.39 is 11.8 Å². The lowest BCUT2D eigenvalue weighted by molar-refractivity contribution is -0.120. The van der Waals surface area contributed by atoms with Gasteiger partial charge in [-0.15, -0.1) is 0 Å². The van der Waals surface area contributed by atoms with E-state index in [1.807, 2.05) is 23.9 Å². The first-order valence-corrected chi connectivity index (χ1v) is 5.92. The van der Waals surface area contributed by atoms with Crippen molar-refractivity contribution >= 4 is 28.5 Å². The Morgan fingerprint density at radius 1 is 1.32 bits per heavy atom. The number of carbonyl (C=O) groups is 2. The van der Waals surface area contributed by atoms with Gasteiger partial charge >= 0.3 is 6.03 Å². The maximum Gasteiger partial charge on any atom is 0.328 e. The average molecular weight is 261 g/mol. The molecule has 0 aliphatic carbocycles. The van der Waals surface area contributed by atoms with Crippen LogP contribution in [0.15, 0.2) is 24.4 Å². The van der Waals surface area contributed by atoms with Crippen molar-refractivity contribution in [1.82, 2.24) is 9.88 Å². The van der Waals surface area contributed by atoms with E-state index in [0.29, 0.717) is 0 Å². The Morgan fingerprint density at radius 3 is 2.84 bits per heavy atom. The number of imide groups is 1. The van der Waals surface area contributed by atoms with Crippen LogP contribution < -0.4 is 10.2 Å². The van der Waals surface area contributed by atoms with E-state index in [1.165, 1.54) is 11.0 Å². The molecule has 0 atom stereocenters. The third-order valence-electron chi connectivity index (χ3n) is 3.30. The number of amides is 3. The summed E-state index contributed by atoms with van der Waals surface area (Å²) in [5, 5.41) is 3.04. The number of hydrogen-bond donors (Lipinski definition) is 1. The third-order valence-corrected chi connectivity index (χ3v) is 3.30. The average Bonchev–Trinajstić information content (AvgIpc) is 2.70. The lowest BCUT2D eigenvalue weighted by Crippen LogP contribution is -2.49. The highest BCUT2D eigenvalue weighted by atomic mass is 19.1. The van der Waals surface area contributed by atoms with Crippen LogP contribution in [0.3, 0.4) is 0 Å². The molecule has 0 bridgehead atoms. The molecule has 1 N–H and O–H groups in total. The number of aromatic nitrogens is 1. The van der Waals surface area contributed by atoms with E-state index >= 15 is 0 Å². The van der Waals surface area contributed by atoms with Gasteiger partial charge in [0, 0.05) is 37.7 Å². The number of hydrogen-bond acceptors (Lipinski definition) is 2. The molecule has 1 aliphatic rings. The largest absolute Gasteiger partial charge is 0.350 e. The number of halogens is 1. The fraction of sp³-hybridized carbons (Fsp3) is 0.231. The Bertz CT molecular complexity index is 692. The number of rotatable bonds is 1. The number of nitrogens with one attached hydrogen (secondary N) is 1. The maximum atomic E-state index is 14.1. The highest BCUT2D eigenvalue weighted by Crippen LogP contribution is 2.27. The first kappa shape index (κ1) is 11.7. The molecule has 1 aliphatic heterocycles. The fourth-order valence-electron chi connectivity index (χ4n) is 2.28.